The van der Waals surface area contributed by atoms with Crippen LogP contribution in [0.2, 0.25) is 0 Å². The predicted molar refractivity (Wildman–Crippen MR) is 57.8 cm³/mol. The molecular formula is C10H10FN3O2. The summed E-state index contributed by atoms with van der Waals surface area (Å²) >= 11 is 0. The van der Waals surface area contributed by atoms with Gasteiger partial charge in [-0.05, 0) is 12.1 Å². The normalized spacial score (nSPS) is 10.9. The zero-order chi connectivity index (χ0) is 11.7. The van der Waals surface area contributed by atoms with Gasteiger partial charge >= 0.3 is 5.69 Å². The average molecular weight is 223 g/mol. The first-order chi connectivity index (χ1) is 7.65. The van der Waals surface area contributed by atoms with Crippen molar-refractivity contribution in [1.82, 2.24) is 9.55 Å². The van der Waals surface area contributed by atoms with Gasteiger partial charge in [0.15, 0.2) is 0 Å². The van der Waals surface area contributed by atoms with Gasteiger partial charge < -0.3 is 10.7 Å². The molecule has 1 aromatic heterocycles. The second kappa shape index (κ2) is 3.90. The van der Waals surface area contributed by atoms with Crippen LogP contribution < -0.4 is 17.0 Å². The lowest BCUT2D eigenvalue weighted by Gasteiger charge is -2.04. The highest BCUT2D eigenvalue weighted by atomic mass is 19.1. The summed E-state index contributed by atoms with van der Waals surface area (Å²) < 4.78 is 14.3. The van der Waals surface area contributed by atoms with Crippen molar-refractivity contribution in [2.45, 2.75) is 6.54 Å². The highest BCUT2D eigenvalue weighted by molar-refractivity contribution is 5.77. The van der Waals surface area contributed by atoms with Crippen LogP contribution in [0.1, 0.15) is 0 Å². The van der Waals surface area contributed by atoms with E-state index in [9.17, 15) is 14.0 Å². The first-order valence-electron chi connectivity index (χ1n) is 4.76. The van der Waals surface area contributed by atoms with Crippen LogP contribution in [0, 0.1) is 5.82 Å². The molecule has 2 aromatic rings. The van der Waals surface area contributed by atoms with E-state index in [-0.39, 0.29) is 24.0 Å². The number of hydrogen-bond acceptors (Lipinski definition) is 3. The van der Waals surface area contributed by atoms with Crippen molar-refractivity contribution in [3.63, 3.8) is 0 Å². The van der Waals surface area contributed by atoms with Gasteiger partial charge in [0.25, 0.3) is 5.56 Å². The van der Waals surface area contributed by atoms with Gasteiger partial charge in [-0.15, -0.1) is 0 Å². The van der Waals surface area contributed by atoms with E-state index < -0.39 is 17.1 Å². The zero-order valence-corrected chi connectivity index (χ0v) is 8.37. The molecule has 0 saturated carbocycles. The Kier molecular flexibility index (Phi) is 2.57. The van der Waals surface area contributed by atoms with E-state index in [0.717, 1.165) is 4.57 Å². The van der Waals surface area contributed by atoms with E-state index in [4.69, 9.17) is 5.73 Å². The fraction of sp³-hybridized carbons (Fsp3) is 0.200. The lowest BCUT2D eigenvalue weighted by Crippen LogP contribution is -2.37. The first kappa shape index (κ1) is 10.6. The monoisotopic (exact) mass is 223 g/mol. The van der Waals surface area contributed by atoms with Crippen molar-refractivity contribution < 1.29 is 4.39 Å². The summed E-state index contributed by atoms with van der Waals surface area (Å²) in [6.45, 7) is 0.282. The van der Waals surface area contributed by atoms with Crippen LogP contribution in [-0.2, 0) is 6.54 Å². The van der Waals surface area contributed by atoms with Crippen LogP contribution >= 0.6 is 0 Å². The number of fused-ring (bicyclic) bond motifs is 1. The standard InChI is InChI=1S/C10H10FN3O2/c11-7-3-1-2-6-8(7)13-10(16)14(5-4-12)9(6)15/h1-3H,4-5,12H2,(H,13,16). The molecule has 0 atom stereocenters. The van der Waals surface area contributed by atoms with Crippen LogP contribution in [0.15, 0.2) is 27.8 Å². The summed E-state index contributed by atoms with van der Waals surface area (Å²) in [5, 5.41) is 0.146. The summed E-state index contributed by atoms with van der Waals surface area (Å²) in [7, 11) is 0. The summed E-state index contributed by atoms with van der Waals surface area (Å²) in [5.74, 6) is -0.619. The molecule has 84 valence electrons. The maximum absolute atomic E-state index is 13.3. The number of aromatic amines is 1. The molecule has 2 rings (SSSR count). The summed E-state index contributed by atoms with van der Waals surface area (Å²) in [6.07, 6.45) is 0. The van der Waals surface area contributed by atoms with E-state index in [1.807, 2.05) is 0 Å². The fourth-order valence-corrected chi connectivity index (χ4v) is 1.57. The van der Waals surface area contributed by atoms with Crippen LogP contribution in [0.25, 0.3) is 10.9 Å². The Morgan fingerprint density at radius 2 is 2.12 bits per heavy atom. The van der Waals surface area contributed by atoms with Gasteiger partial charge in [-0.2, -0.15) is 0 Å². The lowest BCUT2D eigenvalue weighted by molar-refractivity contribution is 0.622. The number of nitrogens with two attached hydrogens (primary N) is 1. The number of hydrogen-bond donors (Lipinski definition) is 2. The third-order valence-electron chi connectivity index (χ3n) is 2.32. The van der Waals surface area contributed by atoms with Gasteiger partial charge in [-0.3, -0.25) is 9.36 Å². The Morgan fingerprint density at radius 1 is 1.38 bits per heavy atom. The Hall–Kier alpha value is -1.95. The fourth-order valence-electron chi connectivity index (χ4n) is 1.57. The molecule has 1 heterocycles. The van der Waals surface area contributed by atoms with Crippen LogP contribution in [-0.4, -0.2) is 16.1 Å². The third kappa shape index (κ3) is 1.53. The SMILES string of the molecule is NCCn1c(=O)[nH]c2c(F)cccc2c1=O. The third-order valence-corrected chi connectivity index (χ3v) is 2.32. The van der Waals surface area contributed by atoms with Gasteiger partial charge in [-0.25, -0.2) is 9.18 Å². The maximum atomic E-state index is 13.3. The Bertz CT molecular complexity index is 645. The highest BCUT2D eigenvalue weighted by Crippen LogP contribution is 2.09. The molecular weight excluding hydrogens is 213 g/mol. The molecule has 0 unspecified atom stereocenters. The molecule has 3 N–H and O–H groups in total. The van der Waals surface area contributed by atoms with Crippen molar-refractivity contribution in [3.05, 3.63) is 44.9 Å². The molecule has 0 radical (unpaired) electrons. The number of halogens is 1. The Morgan fingerprint density at radius 3 is 2.81 bits per heavy atom. The van der Waals surface area contributed by atoms with E-state index in [1.165, 1.54) is 18.2 Å². The second-order valence-corrected chi connectivity index (χ2v) is 3.34. The van der Waals surface area contributed by atoms with Crippen molar-refractivity contribution >= 4 is 10.9 Å². The molecule has 0 aliphatic heterocycles. The number of para-hydroxylation sites is 1. The largest absolute Gasteiger partial charge is 0.329 e. The molecule has 0 saturated heterocycles. The van der Waals surface area contributed by atoms with Gasteiger partial charge in [0.05, 0.1) is 10.9 Å². The number of rotatable bonds is 2. The maximum Gasteiger partial charge on any atom is 0.328 e. The molecule has 0 bridgehead atoms. The van der Waals surface area contributed by atoms with Crippen molar-refractivity contribution in [1.29, 1.82) is 0 Å². The molecule has 5 nitrogen and oxygen atoms in total. The molecule has 0 aliphatic rings. The van der Waals surface area contributed by atoms with Gasteiger partial charge in [0.1, 0.15) is 5.82 Å². The van der Waals surface area contributed by atoms with Crippen LogP contribution in [0.3, 0.4) is 0 Å². The molecule has 16 heavy (non-hydrogen) atoms. The molecule has 0 amide bonds. The topological polar surface area (TPSA) is 80.9 Å². The highest BCUT2D eigenvalue weighted by Gasteiger charge is 2.09. The lowest BCUT2D eigenvalue weighted by atomic mass is 10.2. The predicted octanol–water partition coefficient (Wildman–Crippen LogP) is -0.212. The van der Waals surface area contributed by atoms with E-state index in [1.54, 1.807) is 0 Å². The zero-order valence-electron chi connectivity index (χ0n) is 8.37. The number of nitrogens with zero attached hydrogens (tertiary/aromatic N) is 1. The van der Waals surface area contributed by atoms with Gasteiger partial charge in [-0.1, -0.05) is 6.07 Å². The molecule has 1 aromatic carbocycles. The van der Waals surface area contributed by atoms with Crippen molar-refractivity contribution in [3.8, 4) is 0 Å². The van der Waals surface area contributed by atoms with Crippen molar-refractivity contribution in [2.24, 2.45) is 5.73 Å². The number of H-pyrrole nitrogens is 1. The first-order valence-corrected chi connectivity index (χ1v) is 4.76. The minimum absolute atomic E-state index is 0.0641. The second-order valence-electron chi connectivity index (χ2n) is 3.34. The molecule has 6 heteroatoms. The Labute approximate surface area is 89.3 Å². The van der Waals surface area contributed by atoms with E-state index in [0.29, 0.717) is 0 Å². The van der Waals surface area contributed by atoms with E-state index in [2.05, 4.69) is 4.98 Å². The summed E-state index contributed by atoms with van der Waals surface area (Å²) in [6, 6.07) is 4.07. The van der Waals surface area contributed by atoms with Crippen LogP contribution in [0.5, 0.6) is 0 Å². The minimum atomic E-state index is -0.645. The summed E-state index contributed by atoms with van der Waals surface area (Å²) in [5.41, 5.74) is 4.05. The quantitative estimate of drug-likeness (QED) is 0.739. The smallest absolute Gasteiger partial charge is 0.328 e. The molecule has 0 aliphatic carbocycles. The van der Waals surface area contributed by atoms with Gasteiger partial charge in [0.2, 0.25) is 0 Å². The average Bonchev–Trinajstić information content (AvgIpc) is 2.26. The van der Waals surface area contributed by atoms with Gasteiger partial charge in [0, 0.05) is 13.1 Å². The number of nitrogens with one attached hydrogen (secondary N) is 1. The Balaban J connectivity index is 2.90. The number of aromatic nitrogens is 2. The van der Waals surface area contributed by atoms with Crippen LogP contribution in [0.4, 0.5) is 4.39 Å². The molecule has 0 fully saturated rings. The van der Waals surface area contributed by atoms with E-state index >= 15 is 0 Å². The molecule has 0 spiro atoms. The summed E-state index contributed by atoms with van der Waals surface area (Å²) in [4.78, 5) is 25.6. The number of benzene rings is 1. The minimum Gasteiger partial charge on any atom is -0.329 e. The van der Waals surface area contributed by atoms with Crippen molar-refractivity contribution in [2.75, 3.05) is 6.54 Å².